The topological polar surface area (TPSA) is 35.5 Å². The Kier molecular flexibility index (Phi) is 8.40. The predicted octanol–water partition coefficient (Wildman–Crippen LogP) is 3.74. The number of hydrogen-bond donors (Lipinski definition) is 0. The van der Waals surface area contributed by atoms with Gasteiger partial charge in [0.25, 0.3) is 0 Å². The van der Waals surface area contributed by atoms with E-state index in [1.807, 2.05) is 38.1 Å². The lowest BCUT2D eigenvalue weighted by molar-refractivity contribution is -0.143. The molecule has 1 aromatic rings. The van der Waals surface area contributed by atoms with Gasteiger partial charge in [0.1, 0.15) is 0 Å². The lowest BCUT2D eigenvalue weighted by Gasteiger charge is -2.05. The molecule has 1 aromatic carbocycles. The fraction of sp³-hybridized carbons (Fsp3) is 0.471. The number of hydrogen-bond acceptors (Lipinski definition) is 3. The van der Waals surface area contributed by atoms with E-state index in [0.29, 0.717) is 26.2 Å². The number of carbonyl (C=O) groups is 1. The third kappa shape index (κ3) is 7.74. The Morgan fingerprint density at radius 2 is 2.05 bits per heavy atom. The Hall–Kier alpha value is -1.61. The lowest BCUT2D eigenvalue weighted by atomic mass is 10.1. The van der Waals surface area contributed by atoms with Crippen molar-refractivity contribution in [1.29, 1.82) is 0 Å². The maximum Gasteiger partial charge on any atom is 0.306 e. The smallest absolute Gasteiger partial charge is 0.306 e. The maximum absolute atomic E-state index is 11.3. The first-order valence-electron chi connectivity index (χ1n) is 7.16. The summed E-state index contributed by atoms with van der Waals surface area (Å²) in [5.41, 5.74) is 1.19. The molecule has 0 amide bonds. The molecule has 0 bridgehead atoms. The quantitative estimate of drug-likeness (QED) is 0.391. The normalized spacial score (nSPS) is 12.5. The molecule has 0 heterocycles. The van der Waals surface area contributed by atoms with Crippen molar-refractivity contribution in [2.75, 3.05) is 13.2 Å². The van der Waals surface area contributed by atoms with Crippen LogP contribution in [0.3, 0.4) is 0 Å². The Morgan fingerprint density at radius 1 is 1.30 bits per heavy atom. The van der Waals surface area contributed by atoms with Crippen LogP contribution in [0, 0.1) is 5.92 Å². The fourth-order valence-electron chi connectivity index (χ4n) is 1.80. The number of rotatable bonds is 9. The Balaban J connectivity index is 2.08. The van der Waals surface area contributed by atoms with E-state index in [1.54, 1.807) is 0 Å². The highest BCUT2D eigenvalue weighted by atomic mass is 16.5. The van der Waals surface area contributed by atoms with Crippen LogP contribution in [0.5, 0.6) is 0 Å². The molecule has 3 heteroatoms. The van der Waals surface area contributed by atoms with E-state index in [-0.39, 0.29) is 11.9 Å². The van der Waals surface area contributed by atoms with Crippen molar-refractivity contribution in [2.24, 2.45) is 5.92 Å². The largest absolute Gasteiger partial charge is 0.466 e. The Bertz CT molecular complexity index is 398. The predicted molar refractivity (Wildman–Crippen MR) is 80.3 cm³/mol. The molecule has 0 radical (unpaired) electrons. The highest BCUT2D eigenvalue weighted by Crippen LogP contribution is 2.06. The summed E-state index contributed by atoms with van der Waals surface area (Å²) in [6.45, 7) is 5.62. The molecule has 0 unspecified atom stereocenters. The molecule has 0 aliphatic carbocycles. The van der Waals surface area contributed by atoms with Gasteiger partial charge in [0.05, 0.1) is 26.2 Å². The van der Waals surface area contributed by atoms with Crippen LogP contribution in [0.25, 0.3) is 0 Å². The van der Waals surface area contributed by atoms with Gasteiger partial charge >= 0.3 is 5.97 Å². The first kappa shape index (κ1) is 16.4. The van der Waals surface area contributed by atoms with E-state index in [1.165, 1.54) is 5.56 Å². The third-order valence-corrected chi connectivity index (χ3v) is 2.80. The molecule has 0 aliphatic heterocycles. The molecule has 20 heavy (non-hydrogen) atoms. The highest BCUT2D eigenvalue weighted by molar-refractivity contribution is 5.69. The van der Waals surface area contributed by atoms with Crippen molar-refractivity contribution >= 4 is 5.97 Å². The summed E-state index contributed by atoms with van der Waals surface area (Å²) < 4.78 is 10.5. The summed E-state index contributed by atoms with van der Waals surface area (Å²) in [6.07, 6.45) is 5.41. The standard InChI is InChI=1S/C17H24O3/c1-3-20-17(18)13-15(2)9-7-8-12-19-14-16-10-5-4-6-11-16/h4-7,9-11,15H,3,8,12-14H2,1-2H3/b9-7+/t15-/m1/s1. The molecule has 0 fully saturated rings. The van der Waals surface area contributed by atoms with Gasteiger partial charge in [-0.3, -0.25) is 4.79 Å². The van der Waals surface area contributed by atoms with Gasteiger partial charge < -0.3 is 9.47 Å². The van der Waals surface area contributed by atoms with E-state index in [2.05, 4.69) is 18.2 Å². The van der Waals surface area contributed by atoms with Crippen LogP contribution in [0.2, 0.25) is 0 Å². The zero-order valence-corrected chi connectivity index (χ0v) is 12.4. The van der Waals surface area contributed by atoms with Crippen molar-refractivity contribution in [3.8, 4) is 0 Å². The van der Waals surface area contributed by atoms with E-state index in [4.69, 9.17) is 9.47 Å². The van der Waals surface area contributed by atoms with Gasteiger partial charge in [0, 0.05) is 0 Å². The number of allylic oxidation sites excluding steroid dienone is 1. The molecule has 0 N–H and O–H groups in total. The maximum atomic E-state index is 11.3. The monoisotopic (exact) mass is 276 g/mol. The average molecular weight is 276 g/mol. The summed E-state index contributed by atoms with van der Waals surface area (Å²) >= 11 is 0. The van der Waals surface area contributed by atoms with Crippen LogP contribution in [0.15, 0.2) is 42.5 Å². The first-order chi connectivity index (χ1) is 9.72. The van der Waals surface area contributed by atoms with Crippen LogP contribution >= 0.6 is 0 Å². The van der Waals surface area contributed by atoms with E-state index >= 15 is 0 Å². The van der Waals surface area contributed by atoms with E-state index < -0.39 is 0 Å². The summed E-state index contributed by atoms with van der Waals surface area (Å²) in [4.78, 5) is 11.3. The number of ether oxygens (including phenoxy) is 2. The van der Waals surface area contributed by atoms with Crippen LogP contribution < -0.4 is 0 Å². The molecule has 1 rings (SSSR count). The van der Waals surface area contributed by atoms with Gasteiger partial charge in [-0.25, -0.2) is 0 Å². The van der Waals surface area contributed by atoms with Crippen LogP contribution in [0.4, 0.5) is 0 Å². The van der Waals surface area contributed by atoms with Gasteiger partial charge in [0.15, 0.2) is 0 Å². The average Bonchev–Trinajstić information content (AvgIpc) is 2.44. The lowest BCUT2D eigenvalue weighted by Crippen LogP contribution is -2.07. The summed E-state index contributed by atoms with van der Waals surface area (Å²) in [5.74, 6) is 0.0770. The minimum Gasteiger partial charge on any atom is -0.466 e. The second kappa shape index (κ2) is 10.2. The van der Waals surface area contributed by atoms with Gasteiger partial charge in [-0.2, -0.15) is 0 Å². The third-order valence-electron chi connectivity index (χ3n) is 2.80. The molecule has 110 valence electrons. The van der Waals surface area contributed by atoms with Crippen molar-refractivity contribution in [3.63, 3.8) is 0 Å². The van der Waals surface area contributed by atoms with Gasteiger partial charge in [-0.15, -0.1) is 0 Å². The molecule has 1 atom stereocenters. The highest BCUT2D eigenvalue weighted by Gasteiger charge is 2.06. The minimum atomic E-state index is -0.134. The molecule has 0 aliphatic rings. The van der Waals surface area contributed by atoms with Gasteiger partial charge in [-0.05, 0) is 24.8 Å². The first-order valence-corrected chi connectivity index (χ1v) is 7.16. The number of esters is 1. The van der Waals surface area contributed by atoms with Crippen LogP contribution in [-0.2, 0) is 20.9 Å². The zero-order valence-electron chi connectivity index (χ0n) is 12.4. The van der Waals surface area contributed by atoms with Crippen molar-refractivity contribution < 1.29 is 14.3 Å². The molecule has 0 saturated carbocycles. The molecular formula is C17H24O3. The SMILES string of the molecule is CCOC(=O)C[C@H](C)/C=C/CCOCc1ccccc1. The van der Waals surface area contributed by atoms with Crippen LogP contribution in [-0.4, -0.2) is 19.2 Å². The molecule has 0 saturated heterocycles. The van der Waals surface area contributed by atoms with Crippen molar-refractivity contribution in [2.45, 2.75) is 33.3 Å². The summed E-state index contributed by atoms with van der Waals surface area (Å²) in [5, 5.41) is 0. The second-order valence-electron chi connectivity index (χ2n) is 4.74. The Labute approximate surface area is 121 Å². The van der Waals surface area contributed by atoms with Crippen LogP contribution in [0.1, 0.15) is 32.3 Å². The van der Waals surface area contributed by atoms with Crippen molar-refractivity contribution in [3.05, 3.63) is 48.0 Å². The molecule has 0 aromatic heterocycles. The van der Waals surface area contributed by atoms with Gasteiger partial charge in [-0.1, -0.05) is 49.4 Å². The molecular weight excluding hydrogens is 252 g/mol. The second-order valence-corrected chi connectivity index (χ2v) is 4.74. The molecule has 0 spiro atoms. The van der Waals surface area contributed by atoms with Gasteiger partial charge in [0.2, 0.25) is 0 Å². The Morgan fingerprint density at radius 3 is 2.75 bits per heavy atom. The minimum absolute atomic E-state index is 0.134. The zero-order chi connectivity index (χ0) is 14.6. The van der Waals surface area contributed by atoms with E-state index in [9.17, 15) is 4.79 Å². The number of benzene rings is 1. The summed E-state index contributed by atoms with van der Waals surface area (Å²) in [6, 6.07) is 10.1. The van der Waals surface area contributed by atoms with E-state index in [0.717, 1.165) is 6.42 Å². The fourth-order valence-corrected chi connectivity index (χ4v) is 1.80. The molecule has 3 nitrogen and oxygen atoms in total. The van der Waals surface area contributed by atoms with Crippen molar-refractivity contribution in [1.82, 2.24) is 0 Å². The number of carbonyl (C=O) groups excluding carboxylic acids is 1. The summed E-state index contributed by atoms with van der Waals surface area (Å²) in [7, 11) is 0.